The van der Waals surface area contributed by atoms with Crippen molar-refractivity contribution in [2.45, 2.75) is 0 Å². The summed E-state index contributed by atoms with van der Waals surface area (Å²) in [7, 11) is -2.56. The molecule has 0 saturated heterocycles. The van der Waals surface area contributed by atoms with Gasteiger partial charge in [0, 0.05) is 17.5 Å². The van der Waals surface area contributed by atoms with Gasteiger partial charge in [-0.1, -0.05) is 0 Å². The second-order valence-electron chi connectivity index (χ2n) is 2.45. The Kier molecular flexibility index (Phi) is 3.35. The third kappa shape index (κ3) is 2.98. The fourth-order valence-corrected chi connectivity index (χ4v) is 1.15. The minimum Gasteiger partial charge on any atom is -0.258 e. The van der Waals surface area contributed by atoms with Crippen LogP contribution in [0.3, 0.4) is 0 Å². The number of hydrogen-bond acceptors (Lipinski definition) is 4. The number of thiol groups is 1. The van der Waals surface area contributed by atoms with E-state index in [-0.39, 0.29) is 5.69 Å². The molecular formula is C8H7NO4S. The lowest BCUT2D eigenvalue weighted by Crippen LogP contribution is -1.86. The first-order valence-corrected chi connectivity index (χ1v) is 4.90. The molecule has 0 N–H and O–H groups in total. The summed E-state index contributed by atoms with van der Waals surface area (Å²) in [6, 6.07) is 5.59. The SMILES string of the molecule is O=[N+]([O-])c1ccc(/C=C/[SH](=O)=O)cc1. The van der Waals surface area contributed by atoms with Crippen molar-refractivity contribution in [1.82, 2.24) is 0 Å². The van der Waals surface area contributed by atoms with E-state index in [4.69, 9.17) is 0 Å². The van der Waals surface area contributed by atoms with E-state index in [0.717, 1.165) is 5.41 Å². The largest absolute Gasteiger partial charge is 0.269 e. The summed E-state index contributed by atoms with van der Waals surface area (Å²) in [6.45, 7) is 0. The molecule has 0 aliphatic rings. The average Bonchev–Trinajstić information content (AvgIpc) is 2.15. The monoisotopic (exact) mass is 213 g/mol. The molecule has 1 aromatic carbocycles. The Bertz CT molecular complexity index is 425. The Morgan fingerprint density at radius 1 is 1.21 bits per heavy atom. The van der Waals surface area contributed by atoms with Gasteiger partial charge in [-0.25, -0.2) is 8.42 Å². The highest BCUT2D eigenvalue weighted by Gasteiger charge is 2.01. The number of non-ortho nitro benzene ring substituents is 1. The van der Waals surface area contributed by atoms with Crippen molar-refractivity contribution >= 4 is 22.5 Å². The van der Waals surface area contributed by atoms with Crippen LogP contribution < -0.4 is 0 Å². The molecule has 0 aliphatic heterocycles. The Hall–Kier alpha value is -1.69. The number of nitro groups is 1. The summed E-state index contributed by atoms with van der Waals surface area (Å²) in [5.74, 6) is 0. The zero-order valence-corrected chi connectivity index (χ0v) is 7.89. The van der Waals surface area contributed by atoms with E-state index in [1.165, 1.54) is 30.3 Å². The van der Waals surface area contributed by atoms with Gasteiger partial charge in [-0.3, -0.25) is 10.1 Å². The van der Waals surface area contributed by atoms with Crippen molar-refractivity contribution in [2.75, 3.05) is 0 Å². The molecule has 14 heavy (non-hydrogen) atoms. The third-order valence-electron chi connectivity index (χ3n) is 1.49. The van der Waals surface area contributed by atoms with E-state index in [2.05, 4.69) is 0 Å². The third-order valence-corrected chi connectivity index (χ3v) is 1.89. The molecule has 0 spiro atoms. The van der Waals surface area contributed by atoms with Crippen LogP contribution in [0, 0.1) is 10.1 Å². The number of benzene rings is 1. The first-order valence-electron chi connectivity index (χ1n) is 3.66. The Balaban J connectivity index is 2.89. The van der Waals surface area contributed by atoms with Crippen molar-refractivity contribution in [2.24, 2.45) is 0 Å². The molecule has 0 aromatic heterocycles. The van der Waals surface area contributed by atoms with Crippen molar-refractivity contribution in [3.63, 3.8) is 0 Å². The Labute approximate surface area is 81.8 Å². The van der Waals surface area contributed by atoms with Crippen LogP contribution in [0.15, 0.2) is 29.7 Å². The van der Waals surface area contributed by atoms with Gasteiger partial charge in [0.05, 0.1) is 4.92 Å². The van der Waals surface area contributed by atoms with Gasteiger partial charge in [0.2, 0.25) is 0 Å². The summed E-state index contributed by atoms with van der Waals surface area (Å²) in [5.41, 5.74) is 0.587. The Morgan fingerprint density at radius 2 is 1.79 bits per heavy atom. The summed E-state index contributed by atoms with van der Waals surface area (Å²) < 4.78 is 20.4. The zero-order chi connectivity index (χ0) is 10.6. The molecule has 0 aliphatic carbocycles. The van der Waals surface area contributed by atoms with Crippen LogP contribution in [-0.4, -0.2) is 13.3 Å². The van der Waals surface area contributed by atoms with Crippen LogP contribution in [-0.2, 0) is 10.7 Å². The zero-order valence-electron chi connectivity index (χ0n) is 6.99. The minimum atomic E-state index is -2.56. The molecular weight excluding hydrogens is 206 g/mol. The summed E-state index contributed by atoms with van der Waals surface area (Å²) >= 11 is 0. The molecule has 6 heteroatoms. The van der Waals surface area contributed by atoms with Crippen LogP contribution in [0.1, 0.15) is 5.56 Å². The smallest absolute Gasteiger partial charge is 0.258 e. The van der Waals surface area contributed by atoms with Crippen LogP contribution >= 0.6 is 0 Å². The standard InChI is InChI=1S/C8H7NO4S/c10-9(11)8-3-1-7(2-4-8)5-6-14(12)13/h1-6,14H/b6-5+. The molecule has 5 nitrogen and oxygen atoms in total. The normalized spacial score (nSPS) is 10.9. The number of hydrogen-bond donors (Lipinski definition) is 1. The van der Waals surface area contributed by atoms with Gasteiger partial charge < -0.3 is 0 Å². The van der Waals surface area contributed by atoms with Crippen molar-refractivity contribution < 1.29 is 13.3 Å². The van der Waals surface area contributed by atoms with Gasteiger partial charge in [0.25, 0.3) is 5.69 Å². The van der Waals surface area contributed by atoms with Crippen molar-refractivity contribution in [3.05, 3.63) is 45.4 Å². The van der Waals surface area contributed by atoms with Crippen LogP contribution in [0.2, 0.25) is 0 Å². The van der Waals surface area contributed by atoms with Crippen LogP contribution in [0.25, 0.3) is 6.08 Å². The molecule has 1 aromatic rings. The van der Waals surface area contributed by atoms with E-state index >= 15 is 0 Å². The first-order chi connectivity index (χ1) is 6.59. The maximum atomic E-state index is 10.3. The molecule has 0 amide bonds. The lowest BCUT2D eigenvalue weighted by Gasteiger charge is -1.91. The number of nitrogens with zero attached hydrogens (tertiary/aromatic N) is 1. The van der Waals surface area contributed by atoms with Gasteiger partial charge >= 0.3 is 0 Å². The fourth-order valence-electron chi connectivity index (χ4n) is 0.854. The average molecular weight is 213 g/mol. The lowest BCUT2D eigenvalue weighted by atomic mass is 10.2. The van der Waals surface area contributed by atoms with E-state index in [1.807, 2.05) is 0 Å². The molecule has 74 valence electrons. The van der Waals surface area contributed by atoms with E-state index in [9.17, 15) is 18.5 Å². The molecule has 0 radical (unpaired) electrons. The molecule has 0 atom stereocenters. The quantitative estimate of drug-likeness (QED) is 0.464. The maximum absolute atomic E-state index is 10.3. The molecule has 0 saturated carbocycles. The second-order valence-corrected chi connectivity index (χ2v) is 3.32. The second kappa shape index (κ2) is 4.52. The van der Waals surface area contributed by atoms with Crippen LogP contribution in [0.5, 0.6) is 0 Å². The Morgan fingerprint density at radius 3 is 2.21 bits per heavy atom. The van der Waals surface area contributed by atoms with Gasteiger partial charge in [-0.05, 0) is 23.8 Å². The predicted octanol–water partition coefficient (Wildman–Crippen LogP) is 1.18. The van der Waals surface area contributed by atoms with Crippen molar-refractivity contribution in [3.8, 4) is 0 Å². The molecule has 0 fully saturated rings. The van der Waals surface area contributed by atoms with Gasteiger partial charge in [-0.15, -0.1) is 0 Å². The van der Waals surface area contributed by atoms with E-state index in [0.29, 0.717) is 5.56 Å². The van der Waals surface area contributed by atoms with E-state index in [1.54, 1.807) is 0 Å². The highest BCUT2D eigenvalue weighted by molar-refractivity contribution is 7.75. The lowest BCUT2D eigenvalue weighted by molar-refractivity contribution is -0.384. The number of nitro benzene ring substituents is 1. The molecule has 0 heterocycles. The molecule has 0 bridgehead atoms. The molecule has 0 unspecified atom stereocenters. The topological polar surface area (TPSA) is 77.3 Å². The predicted molar refractivity (Wildman–Crippen MR) is 52.4 cm³/mol. The van der Waals surface area contributed by atoms with E-state index < -0.39 is 15.6 Å². The highest BCUT2D eigenvalue weighted by atomic mass is 32.2. The summed E-state index contributed by atoms with van der Waals surface area (Å²) in [6.07, 6.45) is 1.37. The summed E-state index contributed by atoms with van der Waals surface area (Å²) in [4.78, 5) is 9.76. The first kappa shape index (κ1) is 10.4. The summed E-state index contributed by atoms with van der Waals surface area (Å²) in [5, 5.41) is 11.3. The maximum Gasteiger partial charge on any atom is 0.269 e. The van der Waals surface area contributed by atoms with Gasteiger partial charge in [0.1, 0.15) is 0 Å². The highest BCUT2D eigenvalue weighted by Crippen LogP contribution is 2.12. The number of rotatable bonds is 3. The fraction of sp³-hybridized carbons (Fsp3) is 0. The van der Waals surface area contributed by atoms with Gasteiger partial charge in [-0.2, -0.15) is 0 Å². The molecule has 1 rings (SSSR count). The van der Waals surface area contributed by atoms with Crippen molar-refractivity contribution in [1.29, 1.82) is 0 Å². The minimum absolute atomic E-state index is 0.0198. The van der Waals surface area contributed by atoms with Gasteiger partial charge in [0.15, 0.2) is 10.7 Å². The van der Waals surface area contributed by atoms with Crippen LogP contribution in [0.4, 0.5) is 5.69 Å².